The molecule has 0 aliphatic rings. The van der Waals surface area contributed by atoms with Gasteiger partial charge < -0.3 is 20.1 Å². The van der Waals surface area contributed by atoms with Crippen molar-refractivity contribution >= 4 is 38.5 Å². The zero-order chi connectivity index (χ0) is 21.0. The number of hydrogen-bond donors (Lipinski definition) is 2. The molecule has 0 radical (unpaired) electrons. The Morgan fingerprint density at radius 1 is 1.03 bits per heavy atom. The number of rotatable bonds is 7. The van der Waals surface area contributed by atoms with E-state index in [9.17, 15) is 9.59 Å². The second kappa shape index (κ2) is 8.91. The number of fused-ring (bicyclic) bond motifs is 1. The first-order valence-corrected chi connectivity index (χ1v) is 9.93. The van der Waals surface area contributed by atoms with Crippen LogP contribution in [0.25, 0.3) is 10.2 Å². The van der Waals surface area contributed by atoms with Crippen molar-refractivity contribution in [3.8, 4) is 11.5 Å². The number of thiazole rings is 1. The first-order chi connectivity index (χ1) is 13.9. The molecule has 1 aromatic heterocycles. The van der Waals surface area contributed by atoms with Crippen LogP contribution in [-0.4, -0.2) is 37.1 Å². The first kappa shape index (κ1) is 20.6. The molecule has 3 aromatic rings. The normalized spacial score (nSPS) is 11.9. The van der Waals surface area contributed by atoms with Gasteiger partial charge in [-0.2, -0.15) is 0 Å². The molecule has 2 aromatic carbocycles. The summed E-state index contributed by atoms with van der Waals surface area (Å²) in [4.78, 5) is 30.0. The SMILES string of the molecule is COc1cc(OC)cc(C(=O)N[C@@H](C(=O)Nc2nc3ccccc3s2)C(C)C)c1. The Kier molecular flexibility index (Phi) is 6.33. The number of methoxy groups -OCH3 is 2. The van der Waals surface area contributed by atoms with Crippen molar-refractivity contribution in [2.24, 2.45) is 5.92 Å². The van der Waals surface area contributed by atoms with Crippen molar-refractivity contribution in [1.82, 2.24) is 10.3 Å². The third-order valence-corrected chi connectivity index (χ3v) is 5.33. The number of benzene rings is 2. The lowest BCUT2D eigenvalue weighted by Gasteiger charge is -2.21. The molecular weight excluding hydrogens is 390 g/mol. The summed E-state index contributed by atoms with van der Waals surface area (Å²) in [7, 11) is 3.03. The second-order valence-electron chi connectivity index (χ2n) is 6.77. The molecule has 8 heteroatoms. The van der Waals surface area contributed by atoms with Crippen molar-refractivity contribution in [1.29, 1.82) is 0 Å². The molecule has 0 aliphatic carbocycles. The van der Waals surface area contributed by atoms with Crippen molar-refractivity contribution in [2.45, 2.75) is 19.9 Å². The van der Waals surface area contributed by atoms with E-state index >= 15 is 0 Å². The molecule has 2 amide bonds. The van der Waals surface area contributed by atoms with Crippen LogP contribution < -0.4 is 20.1 Å². The van der Waals surface area contributed by atoms with Gasteiger partial charge in [0.15, 0.2) is 5.13 Å². The zero-order valence-electron chi connectivity index (χ0n) is 16.7. The summed E-state index contributed by atoms with van der Waals surface area (Å²) >= 11 is 1.39. The maximum atomic E-state index is 12.8. The van der Waals surface area contributed by atoms with Crippen molar-refractivity contribution < 1.29 is 19.1 Å². The van der Waals surface area contributed by atoms with Crippen molar-refractivity contribution in [2.75, 3.05) is 19.5 Å². The Hall–Kier alpha value is -3.13. The van der Waals surface area contributed by atoms with Gasteiger partial charge in [-0.15, -0.1) is 0 Å². The number of para-hydroxylation sites is 1. The summed E-state index contributed by atoms with van der Waals surface area (Å²) < 4.78 is 11.4. The Labute approximate surface area is 173 Å². The summed E-state index contributed by atoms with van der Waals surface area (Å²) in [6, 6.07) is 11.8. The van der Waals surface area contributed by atoms with Crippen LogP contribution in [0.5, 0.6) is 11.5 Å². The van der Waals surface area contributed by atoms with E-state index in [4.69, 9.17) is 9.47 Å². The van der Waals surface area contributed by atoms with Crippen LogP contribution in [0.2, 0.25) is 0 Å². The van der Waals surface area contributed by atoms with E-state index in [1.165, 1.54) is 25.6 Å². The maximum Gasteiger partial charge on any atom is 0.252 e. The molecule has 0 saturated carbocycles. The lowest BCUT2D eigenvalue weighted by molar-refractivity contribution is -0.118. The van der Waals surface area contributed by atoms with E-state index in [2.05, 4.69) is 15.6 Å². The molecule has 0 unspecified atom stereocenters. The van der Waals surface area contributed by atoms with Gasteiger partial charge in [-0.3, -0.25) is 9.59 Å². The quantitative estimate of drug-likeness (QED) is 0.616. The number of nitrogens with one attached hydrogen (secondary N) is 2. The van der Waals surface area contributed by atoms with Gasteiger partial charge in [0.25, 0.3) is 5.91 Å². The van der Waals surface area contributed by atoms with E-state index in [0.717, 1.165) is 10.2 Å². The first-order valence-electron chi connectivity index (χ1n) is 9.11. The van der Waals surface area contributed by atoms with E-state index in [0.29, 0.717) is 22.2 Å². The molecular formula is C21H23N3O4S. The lowest BCUT2D eigenvalue weighted by atomic mass is 10.0. The highest BCUT2D eigenvalue weighted by atomic mass is 32.1. The summed E-state index contributed by atoms with van der Waals surface area (Å²) in [5.74, 6) is 0.160. The van der Waals surface area contributed by atoms with Gasteiger partial charge in [-0.1, -0.05) is 37.3 Å². The largest absolute Gasteiger partial charge is 0.497 e. The second-order valence-corrected chi connectivity index (χ2v) is 7.80. The van der Waals surface area contributed by atoms with Crippen LogP contribution in [0, 0.1) is 5.92 Å². The third kappa shape index (κ3) is 4.83. The molecule has 0 aliphatic heterocycles. The summed E-state index contributed by atoms with van der Waals surface area (Å²) in [6.45, 7) is 3.74. The smallest absolute Gasteiger partial charge is 0.252 e. The van der Waals surface area contributed by atoms with E-state index in [1.54, 1.807) is 18.2 Å². The minimum atomic E-state index is -0.730. The number of ether oxygens (including phenoxy) is 2. The number of hydrogen-bond acceptors (Lipinski definition) is 6. The molecule has 0 fully saturated rings. The van der Waals surface area contributed by atoms with Gasteiger partial charge in [0, 0.05) is 11.6 Å². The monoisotopic (exact) mass is 413 g/mol. The standard InChI is InChI=1S/C21H23N3O4S/c1-12(2)18(20(26)24-21-22-16-7-5-6-8-17(16)29-21)23-19(25)13-9-14(27-3)11-15(10-13)28-4/h5-12,18H,1-4H3,(H,23,25)(H,22,24,26)/t18-/m1/s1. The summed E-state index contributed by atoms with van der Waals surface area (Å²) in [5, 5.41) is 6.12. The number of anilines is 1. The number of carbonyl (C=O) groups is 2. The molecule has 152 valence electrons. The van der Waals surface area contributed by atoms with Gasteiger partial charge in [-0.25, -0.2) is 4.98 Å². The minimum absolute atomic E-state index is 0.124. The van der Waals surface area contributed by atoms with Gasteiger partial charge >= 0.3 is 0 Å². The van der Waals surface area contributed by atoms with Crippen LogP contribution in [0.3, 0.4) is 0 Å². The Morgan fingerprint density at radius 3 is 2.28 bits per heavy atom. The third-order valence-electron chi connectivity index (χ3n) is 4.37. The number of amides is 2. The molecule has 3 rings (SSSR count). The zero-order valence-corrected chi connectivity index (χ0v) is 17.5. The van der Waals surface area contributed by atoms with Crippen LogP contribution in [-0.2, 0) is 4.79 Å². The fourth-order valence-electron chi connectivity index (χ4n) is 2.81. The Morgan fingerprint density at radius 2 is 1.69 bits per heavy atom. The fourth-order valence-corrected chi connectivity index (χ4v) is 3.68. The average Bonchev–Trinajstić information content (AvgIpc) is 3.13. The molecule has 29 heavy (non-hydrogen) atoms. The highest BCUT2D eigenvalue weighted by molar-refractivity contribution is 7.22. The van der Waals surface area contributed by atoms with Crippen molar-refractivity contribution in [3.63, 3.8) is 0 Å². The molecule has 0 bridgehead atoms. The van der Waals surface area contributed by atoms with E-state index in [-0.39, 0.29) is 17.7 Å². The molecule has 0 saturated heterocycles. The van der Waals surface area contributed by atoms with Crippen molar-refractivity contribution in [3.05, 3.63) is 48.0 Å². The van der Waals surface area contributed by atoms with Gasteiger partial charge in [0.2, 0.25) is 5.91 Å². The average molecular weight is 413 g/mol. The molecule has 7 nitrogen and oxygen atoms in total. The Bertz CT molecular complexity index is 976. The Balaban J connectivity index is 1.77. The molecule has 0 spiro atoms. The van der Waals surface area contributed by atoms with Gasteiger partial charge in [0.1, 0.15) is 17.5 Å². The van der Waals surface area contributed by atoms with Gasteiger partial charge in [-0.05, 0) is 30.2 Å². The van der Waals surface area contributed by atoms with Crippen LogP contribution >= 0.6 is 11.3 Å². The van der Waals surface area contributed by atoms with Gasteiger partial charge in [0.05, 0.1) is 24.4 Å². The highest BCUT2D eigenvalue weighted by Gasteiger charge is 2.26. The number of carbonyl (C=O) groups excluding carboxylic acids is 2. The predicted octanol–water partition coefficient (Wildman–Crippen LogP) is 3.71. The summed E-state index contributed by atoms with van der Waals surface area (Å²) in [5.41, 5.74) is 1.17. The van der Waals surface area contributed by atoms with E-state index < -0.39 is 6.04 Å². The lowest BCUT2D eigenvalue weighted by Crippen LogP contribution is -2.47. The summed E-state index contributed by atoms with van der Waals surface area (Å²) in [6.07, 6.45) is 0. The molecule has 2 N–H and O–H groups in total. The molecule has 1 atom stereocenters. The van der Waals surface area contributed by atoms with Crippen LogP contribution in [0.15, 0.2) is 42.5 Å². The maximum absolute atomic E-state index is 12.8. The number of nitrogens with zero attached hydrogens (tertiary/aromatic N) is 1. The van der Waals surface area contributed by atoms with Crippen LogP contribution in [0.1, 0.15) is 24.2 Å². The molecule has 1 heterocycles. The van der Waals surface area contributed by atoms with Crippen LogP contribution in [0.4, 0.5) is 5.13 Å². The predicted molar refractivity (Wildman–Crippen MR) is 114 cm³/mol. The highest BCUT2D eigenvalue weighted by Crippen LogP contribution is 2.26. The topological polar surface area (TPSA) is 89.5 Å². The minimum Gasteiger partial charge on any atom is -0.497 e. The van der Waals surface area contributed by atoms with E-state index in [1.807, 2.05) is 38.1 Å². The fraction of sp³-hybridized carbons (Fsp3) is 0.286. The number of aromatic nitrogens is 1.